The highest BCUT2D eigenvalue weighted by atomic mass is 32.2. The standard InChI is InChI=1S/C19H24N4O2S/c1-13-3-4-15(19(25)21-16-6-10-26-12-16)11-17(13)22-18(24)5-8-23-9-7-20-14(23)2/h3-4,7,9,11,16H,5-6,8,10,12H2,1-2H3,(H,21,25)(H,22,24). The second-order valence-corrected chi connectivity index (χ2v) is 7.68. The third-order valence-corrected chi connectivity index (χ3v) is 5.70. The monoisotopic (exact) mass is 372 g/mol. The lowest BCUT2D eigenvalue weighted by molar-refractivity contribution is -0.116. The number of hydrogen-bond acceptors (Lipinski definition) is 4. The van der Waals surface area contributed by atoms with Crippen LogP contribution >= 0.6 is 11.8 Å². The molecule has 0 aliphatic carbocycles. The Bertz CT molecular complexity index is 797. The van der Waals surface area contributed by atoms with E-state index in [1.54, 1.807) is 18.3 Å². The summed E-state index contributed by atoms with van der Waals surface area (Å²) in [5.74, 6) is 2.79. The molecule has 7 heteroatoms. The van der Waals surface area contributed by atoms with Gasteiger partial charge in [-0.15, -0.1) is 0 Å². The Kier molecular flexibility index (Phi) is 5.98. The first-order valence-electron chi connectivity index (χ1n) is 8.80. The minimum absolute atomic E-state index is 0.0778. The average molecular weight is 372 g/mol. The number of benzene rings is 1. The topological polar surface area (TPSA) is 76.0 Å². The number of rotatable bonds is 6. The summed E-state index contributed by atoms with van der Waals surface area (Å²) < 4.78 is 1.94. The van der Waals surface area contributed by atoms with Gasteiger partial charge in [-0.25, -0.2) is 4.98 Å². The van der Waals surface area contributed by atoms with Crippen molar-refractivity contribution >= 4 is 29.3 Å². The fourth-order valence-electron chi connectivity index (χ4n) is 2.89. The van der Waals surface area contributed by atoms with Crippen molar-refractivity contribution in [3.8, 4) is 0 Å². The Morgan fingerprint density at radius 2 is 2.19 bits per heavy atom. The Balaban J connectivity index is 1.60. The number of amides is 2. The van der Waals surface area contributed by atoms with Gasteiger partial charge in [0.05, 0.1) is 0 Å². The van der Waals surface area contributed by atoms with Crippen LogP contribution in [0.25, 0.3) is 0 Å². The van der Waals surface area contributed by atoms with Crippen molar-refractivity contribution in [2.45, 2.75) is 39.3 Å². The van der Waals surface area contributed by atoms with Crippen molar-refractivity contribution in [1.29, 1.82) is 0 Å². The molecule has 0 bridgehead atoms. The van der Waals surface area contributed by atoms with Crippen molar-refractivity contribution in [3.05, 3.63) is 47.5 Å². The van der Waals surface area contributed by atoms with E-state index in [-0.39, 0.29) is 17.9 Å². The minimum atomic E-state index is -0.0814. The Morgan fingerprint density at radius 1 is 1.35 bits per heavy atom. The molecule has 2 amide bonds. The fourth-order valence-corrected chi connectivity index (χ4v) is 4.04. The summed E-state index contributed by atoms with van der Waals surface area (Å²) >= 11 is 1.86. The lowest BCUT2D eigenvalue weighted by atomic mass is 10.1. The van der Waals surface area contributed by atoms with Crippen molar-refractivity contribution in [2.75, 3.05) is 16.8 Å². The molecule has 0 saturated carbocycles. The van der Waals surface area contributed by atoms with Gasteiger partial charge in [-0.2, -0.15) is 11.8 Å². The molecule has 1 fully saturated rings. The number of hydrogen-bond donors (Lipinski definition) is 2. The van der Waals surface area contributed by atoms with Crippen LogP contribution in [-0.2, 0) is 11.3 Å². The molecule has 1 aliphatic heterocycles. The van der Waals surface area contributed by atoms with E-state index in [0.717, 1.165) is 29.3 Å². The second kappa shape index (κ2) is 8.40. The molecule has 1 aliphatic rings. The van der Waals surface area contributed by atoms with Crippen molar-refractivity contribution in [1.82, 2.24) is 14.9 Å². The summed E-state index contributed by atoms with van der Waals surface area (Å²) in [5, 5.41) is 5.99. The summed E-state index contributed by atoms with van der Waals surface area (Å²) in [6.45, 7) is 4.41. The largest absolute Gasteiger partial charge is 0.348 e. The number of aryl methyl sites for hydroxylation is 3. The number of carbonyl (C=O) groups excluding carboxylic acids is 2. The first kappa shape index (κ1) is 18.5. The number of nitrogens with one attached hydrogen (secondary N) is 2. The summed E-state index contributed by atoms with van der Waals surface area (Å²) in [6.07, 6.45) is 4.95. The van der Waals surface area contributed by atoms with Crippen LogP contribution in [0.4, 0.5) is 5.69 Å². The normalized spacial score (nSPS) is 16.5. The zero-order valence-corrected chi connectivity index (χ0v) is 15.9. The predicted molar refractivity (Wildman–Crippen MR) is 105 cm³/mol. The molecular formula is C19H24N4O2S. The van der Waals surface area contributed by atoms with Crippen LogP contribution in [-0.4, -0.2) is 38.9 Å². The van der Waals surface area contributed by atoms with Crippen LogP contribution in [0.15, 0.2) is 30.6 Å². The maximum absolute atomic E-state index is 12.4. The maximum atomic E-state index is 12.4. The van der Waals surface area contributed by atoms with Crippen molar-refractivity contribution < 1.29 is 9.59 Å². The third-order valence-electron chi connectivity index (χ3n) is 4.54. The van der Waals surface area contributed by atoms with Gasteiger partial charge in [0, 0.05) is 48.4 Å². The van der Waals surface area contributed by atoms with Gasteiger partial charge < -0.3 is 15.2 Å². The molecule has 2 heterocycles. The van der Waals surface area contributed by atoms with Crippen LogP contribution in [0.5, 0.6) is 0 Å². The van der Waals surface area contributed by atoms with Gasteiger partial charge in [0.1, 0.15) is 5.82 Å². The van der Waals surface area contributed by atoms with Gasteiger partial charge in [0.25, 0.3) is 5.91 Å². The molecule has 138 valence electrons. The summed E-state index contributed by atoms with van der Waals surface area (Å²) in [6, 6.07) is 5.67. The van der Waals surface area contributed by atoms with Gasteiger partial charge in [0.15, 0.2) is 0 Å². The van der Waals surface area contributed by atoms with E-state index in [0.29, 0.717) is 24.2 Å². The van der Waals surface area contributed by atoms with E-state index in [1.807, 2.05) is 42.4 Å². The van der Waals surface area contributed by atoms with E-state index in [9.17, 15) is 9.59 Å². The van der Waals surface area contributed by atoms with Crippen molar-refractivity contribution in [2.24, 2.45) is 0 Å². The molecule has 1 saturated heterocycles. The van der Waals surface area contributed by atoms with Gasteiger partial charge >= 0.3 is 0 Å². The fraction of sp³-hybridized carbons (Fsp3) is 0.421. The predicted octanol–water partition coefficient (Wildman–Crippen LogP) is 2.76. The molecular weight excluding hydrogens is 348 g/mol. The Morgan fingerprint density at radius 3 is 2.88 bits per heavy atom. The number of thioether (sulfide) groups is 1. The SMILES string of the molecule is Cc1ccc(C(=O)NC2CCSC2)cc1NC(=O)CCn1ccnc1C. The molecule has 6 nitrogen and oxygen atoms in total. The third kappa shape index (κ3) is 4.66. The van der Waals surface area contributed by atoms with Crippen LogP contribution in [0, 0.1) is 13.8 Å². The first-order chi connectivity index (χ1) is 12.5. The zero-order valence-electron chi connectivity index (χ0n) is 15.1. The van der Waals surface area contributed by atoms with Gasteiger partial charge in [-0.1, -0.05) is 6.07 Å². The number of carbonyl (C=O) groups is 2. The maximum Gasteiger partial charge on any atom is 0.251 e. The molecule has 0 spiro atoms. The average Bonchev–Trinajstić information content (AvgIpc) is 3.26. The van der Waals surface area contributed by atoms with Gasteiger partial charge in [-0.05, 0) is 43.7 Å². The van der Waals surface area contributed by atoms with Gasteiger partial charge in [-0.3, -0.25) is 9.59 Å². The zero-order chi connectivity index (χ0) is 18.5. The molecule has 2 aromatic rings. The molecule has 1 aromatic carbocycles. The molecule has 1 aromatic heterocycles. The van der Waals surface area contributed by atoms with E-state index in [1.165, 1.54) is 0 Å². The summed E-state index contributed by atoms with van der Waals surface area (Å²) in [4.78, 5) is 28.9. The second-order valence-electron chi connectivity index (χ2n) is 6.53. The van der Waals surface area contributed by atoms with Crippen LogP contribution in [0.2, 0.25) is 0 Å². The Hall–Kier alpha value is -2.28. The van der Waals surface area contributed by atoms with Crippen LogP contribution in [0.1, 0.15) is 34.6 Å². The smallest absolute Gasteiger partial charge is 0.251 e. The molecule has 26 heavy (non-hydrogen) atoms. The molecule has 1 atom stereocenters. The summed E-state index contributed by atoms with van der Waals surface area (Å²) in [7, 11) is 0. The van der Waals surface area contributed by atoms with E-state index >= 15 is 0 Å². The Labute approximate surface area is 157 Å². The van der Waals surface area contributed by atoms with E-state index in [4.69, 9.17) is 0 Å². The molecule has 0 radical (unpaired) electrons. The number of imidazole rings is 1. The first-order valence-corrected chi connectivity index (χ1v) is 9.95. The lowest BCUT2D eigenvalue weighted by Crippen LogP contribution is -2.34. The molecule has 3 rings (SSSR count). The summed E-state index contributed by atoms with van der Waals surface area (Å²) in [5.41, 5.74) is 2.20. The quantitative estimate of drug-likeness (QED) is 0.817. The van der Waals surface area contributed by atoms with Crippen molar-refractivity contribution in [3.63, 3.8) is 0 Å². The number of aromatic nitrogens is 2. The number of anilines is 1. The highest BCUT2D eigenvalue weighted by Crippen LogP contribution is 2.20. The minimum Gasteiger partial charge on any atom is -0.348 e. The van der Waals surface area contributed by atoms with Gasteiger partial charge in [0.2, 0.25) is 5.91 Å². The molecule has 1 unspecified atom stereocenters. The molecule has 2 N–H and O–H groups in total. The van der Waals surface area contributed by atoms with E-state index < -0.39 is 0 Å². The van der Waals surface area contributed by atoms with Crippen LogP contribution < -0.4 is 10.6 Å². The van der Waals surface area contributed by atoms with Crippen LogP contribution in [0.3, 0.4) is 0 Å². The van der Waals surface area contributed by atoms with E-state index in [2.05, 4.69) is 15.6 Å². The number of nitrogens with zero attached hydrogens (tertiary/aromatic N) is 2. The highest BCUT2D eigenvalue weighted by molar-refractivity contribution is 7.99. The highest BCUT2D eigenvalue weighted by Gasteiger charge is 2.19. The lowest BCUT2D eigenvalue weighted by Gasteiger charge is -2.14.